The largest absolute Gasteiger partial charge is 0.493 e. The third-order valence-electron chi connectivity index (χ3n) is 2.05. The molecule has 0 radical (unpaired) electrons. The van der Waals surface area contributed by atoms with Crippen LogP contribution in [0.4, 0.5) is 0 Å². The van der Waals surface area contributed by atoms with E-state index in [1.54, 1.807) is 7.11 Å². The van der Waals surface area contributed by atoms with Crippen molar-refractivity contribution in [2.75, 3.05) is 26.9 Å². The summed E-state index contributed by atoms with van der Waals surface area (Å²) in [7, 11) is 1.62. The van der Waals surface area contributed by atoms with Crippen molar-refractivity contribution in [3.05, 3.63) is 18.2 Å². The van der Waals surface area contributed by atoms with Gasteiger partial charge in [-0.25, -0.2) is 0 Å². The lowest BCUT2D eigenvalue weighted by molar-refractivity contribution is 0.294. The lowest BCUT2D eigenvalue weighted by Gasteiger charge is -2.11. The number of hydrogen-bond acceptors (Lipinski definition) is 4. The van der Waals surface area contributed by atoms with Crippen LogP contribution in [0.2, 0.25) is 0 Å². The molecule has 0 amide bonds. The van der Waals surface area contributed by atoms with E-state index in [9.17, 15) is 0 Å². The quantitative estimate of drug-likeness (QED) is 0.719. The number of nitrogens with two attached hydrogens (primary N) is 1. The fourth-order valence-electron chi connectivity index (χ4n) is 1.29. The Labute approximate surface area is 96.3 Å². The van der Waals surface area contributed by atoms with Gasteiger partial charge in [0.2, 0.25) is 0 Å². The molecule has 4 nitrogen and oxygen atoms in total. The summed E-state index contributed by atoms with van der Waals surface area (Å²) in [5, 5.41) is 0. The SMILES string of the molecule is CCOc1cc(OCCCN)ccc1OC. The minimum atomic E-state index is 0.600. The van der Waals surface area contributed by atoms with Gasteiger partial charge in [-0.1, -0.05) is 0 Å². The summed E-state index contributed by atoms with van der Waals surface area (Å²) in [6.45, 7) is 3.78. The predicted molar refractivity (Wildman–Crippen MR) is 63.3 cm³/mol. The van der Waals surface area contributed by atoms with Gasteiger partial charge in [-0.2, -0.15) is 0 Å². The van der Waals surface area contributed by atoms with Crippen LogP contribution in [0.25, 0.3) is 0 Å². The summed E-state index contributed by atoms with van der Waals surface area (Å²) in [5.41, 5.74) is 5.39. The van der Waals surface area contributed by atoms with Gasteiger partial charge in [-0.05, 0) is 32.0 Å². The molecule has 0 aliphatic carbocycles. The van der Waals surface area contributed by atoms with E-state index in [1.165, 1.54) is 0 Å². The zero-order valence-corrected chi connectivity index (χ0v) is 9.86. The van der Waals surface area contributed by atoms with Gasteiger partial charge in [-0.15, -0.1) is 0 Å². The van der Waals surface area contributed by atoms with Crippen LogP contribution in [0, 0.1) is 0 Å². The van der Waals surface area contributed by atoms with E-state index in [4.69, 9.17) is 19.9 Å². The molecule has 0 heterocycles. The van der Waals surface area contributed by atoms with Crippen molar-refractivity contribution in [2.24, 2.45) is 5.73 Å². The van der Waals surface area contributed by atoms with Gasteiger partial charge >= 0.3 is 0 Å². The van der Waals surface area contributed by atoms with Crippen LogP contribution in [-0.4, -0.2) is 26.9 Å². The van der Waals surface area contributed by atoms with E-state index in [-0.39, 0.29) is 0 Å². The van der Waals surface area contributed by atoms with Gasteiger partial charge in [0.15, 0.2) is 11.5 Å². The van der Waals surface area contributed by atoms with Gasteiger partial charge in [0.05, 0.1) is 20.3 Å². The summed E-state index contributed by atoms with van der Waals surface area (Å²) < 4.78 is 16.1. The third-order valence-corrected chi connectivity index (χ3v) is 2.05. The third kappa shape index (κ3) is 3.62. The number of rotatable bonds is 7. The van der Waals surface area contributed by atoms with Crippen LogP contribution in [0.1, 0.15) is 13.3 Å². The zero-order valence-electron chi connectivity index (χ0n) is 9.86. The maximum Gasteiger partial charge on any atom is 0.164 e. The van der Waals surface area contributed by atoms with E-state index >= 15 is 0 Å². The Morgan fingerprint density at radius 2 is 2.00 bits per heavy atom. The van der Waals surface area contributed by atoms with Crippen LogP contribution in [0.5, 0.6) is 17.2 Å². The topological polar surface area (TPSA) is 53.7 Å². The molecule has 0 aliphatic rings. The van der Waals surface area contributed by atoms with Crippen molar-refractivity contribution in [1.82, 2.24) is 0 Å². The highest BCUT2D eigenvalue weighted by Crippen LogP contribution is 2.31. The van der Waals surface area contributed by atoms with E-state index in [0.29, 0.717) is 31.3 Å². The van der Waals surface area contributed by atoms with Crippen molar-refractivity contribution in [3.8, 4) is 17.2 Å². The fraction of sp³-hybridized carbons (Fsp3) is 0.500. The lowest BCUT2D eigenvalue weighted by Crippen LogP contribution is -2.06. The summed E-state index contributed by atoms with van der Waals surface area (Å²) >= 11 is 0. The van der Waals surface area contributed by atoms with Crippen molar-refractivity contribution in [3.63, 3.8) is 0 Å². The number of hydrogen-bond donors (Lipinski definition) is 1. The molecule has 0 spiro atoms. The molecule has 0 aromatic heterocycles. The Bertz CT molecular complexity index is 315. The predicted octanol–water partition coefficient (Wildman–Crippen LogP) is 1.82. The van der Waals surface area contributed by atoms with Crippen LogP contribution < -0.4 is 19.9 Å². The van der Waals surface area contributed by atoms with E-state index < -0.39 is 0 Å². The lowest BCUT2D eigenvalue weighted by atomic mass is 10.3. The molecule has 1 aromatic rings. The molecule has 1 rings (SSSR count). The van der Waals surface area contributed by atoms with Crippen LogP contribution in [0.3, 0.4) is 0 Å². The van der Waals surface area contributed by atoms with Crippen molar-refractivity contribution in [1.29, 1.82) is 0 Å². The Balaban J connectivity index is 2.68. The monoisotopic (exact) mass is 225 g/mol. The van der Waals surface area contributed by atoms with E-state index in [2.05, 4.69) is 0 Å². The van der Waals surface area contributed by atoms with Crippen LogP contribution >= 0.6 is 0 Å². The number of benzene rings is 1. The molecule has 0 aliphatic heterocycles. The summed E-state index contributed by atoms with van der Waals surface area (Å²) in [5.74, 6) is 2.20. The highest BCUT2D eigenvalue weighted by molar-refractivity contribution is 5.45. The first kappa shape index (κ1) is 12.6. The molecule has 0 saturated heterocycles. The molecule has 2 N–H and O–H groups in total. The maximum absolute atomic E-state index is 5.52. The van der Waals surface area contributed by atoms with Crippen molar-refractivity contribution >= 4 is 0 Å². The van der Waals surface area contributed by atoms with Gasteiger partial charge in [0.25, 0.3) is 0 Å². The minimum Gasteiger partial charge on any atom is -0.493 e. The van der Waals surface area contributed by atoms with Gasteiger partial charge < -0.3 is 19.9 Å². The second-order valence-electron chi connectivity index (χ2n) is 3.24. The highest BCUT2D eigenvalue weighted by Gasteiger charge is 2.05. The van der Waals surface area contributed by atoms with Crippen molar-refractivity contribution < 1.29 is 14.2 Å². The Morgan fingerprint density at radius 3 is 2.62 bits per heavy atom. The molecule has 0 unspecified atom stereocenters. The average Bonchev–Trinajstić information content (AvgIpc) is 2.30. The summed E-state index contributed by atoms with van der Waals surface area (Å²) in [6.07, 6.45) is 0.843. The second kappa shape index (κ2) is 6.95. The van der Waals surface area contributed by atoms with E-state index in [0.717, 1.165) is 12.2 Å². The normalized spacial score (nSPS) is 9.94. The summed E-state index contributed by atoms with van der Waals surface area (Å²) in [6, 6.07) is 5.53. The first-order chi connectivity index (χ1) is 7.81. The zero-order chi connectivity index (χ0) is 11.8. The number of ether oxygens (including phenoxy) is 3. The fourth-order valence-corrected chi connectivity index (χ4v) is 1.29. The molecule has 0 atom stereocenters. The van der Waals surface area contributed by atoms with Crippen LogP contribution in [0.15, 0.2) is 18.2 Å². The van der Waals surface area contributed by atoms with Gasteiger partial charge in [0, 0.05) is 6.07 Å². The van der Waals surface area contributed by atoms with Crippen LogP contribution in [-0.2, 0) is 0 Å². The smallest absolute Gasteiger partial charge is 0.164 e. The Hall–Kier alpha value is -1.42. The molecule has 0 saturated carbocycles. The molecular formula is C12H19NO3. The molecule has 0 bridgehead atoms. The standard InChI is InChI=1S/C12H19NO3/c1-3-15-12-9-10(16-8-4-7-13)5-6-11(12)14-2/h5-6,9H,3-4,7-8,13H2,1-2H3. The molecule has 1 aromatic carbocycles. The molecule has 16 heavy (non-hydrogen) atoms. The first-order valence-electron chi connectivity index (χ1n) is 5.45. The van der Waals surface area contributed by atoms with E-state index in [1.807, 2.05) is 25.1 Å². The van der Waals surface area contributed by atoms with Gasteiger partial charge in [0.1, 0.15) is 5.75 Å². The summed E-state index contributed by atoms with van der Waals surface area (Å²) in [4.78, 5) is 0. The van der Waals surface area contributed by atoms with Crippen molar-refractivity contribution in [2.45, 2.75) is 13.3 Å². The number of methoxy groups -OCH3 is 1. The first-order valence-corrected chi connectivity index (χ1v) is 5.45. The molecule has 90 valence electrons. The highest BCUT2D eigenvalue weighted by atomic mass is 16.5. The average molecular weight is 225 g/mol. The molecular weight excluding hydrogens is 206 g/mol. The Kier molecular flexibility index (Phi) is 5.50. The minimum absolute atomic E-state index is 0.600. The maximum atomic E-state index is 5.52. The second-order valence-corrected chi connectivity index (χ2v) is 3.24. The van der Waals surface area contributed by atoms with Gasteiger partial charge in [-0.3, -0.25) is 0 Å². The Morgan fingerprint density at radius 1 is 1.19 bits per heavy atom. The molecule has 4 heteroatoms. The molecule has 0 fully saturated rings.